The number of hydrogen-bond donors (Lipinski definition) is 1. The first-order valence-corrected chi connectivity index (χ1v) is 8.23. The number of hydrogen-bond acceptors (Lipinski definition) is 5. The maximum atomic E-state index is 12.4. The Hall–Kier alpha value is -2.57. The number of rotatable bonds is 4. The molecule has 1 heterocycles. The van der Waals surface area contributed by atoms with E-state index >= 15 is 0 Å². The quantitative estimate of drug-likeness (QED) is 0.841. The van der Waals surface area contributed by atoms with Gasteiger partial charge < -0.3 is 15.2 Å². The summed E-state index contributed by atoms with van der Waals surface area (Å²) in [6, 6.07) is 6.00. The van der Waals surface area contributed by atoms with Crippen LogP contribution in [0.5, 0.6) is 0 Å². The number of carbonyl (C=O) groups excluding carboxylic acids is 3. The highest BCUT2D eigenvalue weighted by atomic mass is 16.6. The molecular formula is C18H24N2O5. The molecule has 2 amide bonds. The van der Waals surface area contributed by atoms with E-state index in [1.165, 1.54) is 4.90 Å². The predicted molar refractivity (Wildman–Crippen MR) is 90.7 cm³/mol. The van der Waals surface area contributed by atoms with Crippen molar-refractivity contribution in [3.05, 3.63) is 35.4 Å². The molecule has 0 aliphatic carbocycles. The van der Waals surface area contributed by atoms with Crippen molar-refractivity contribution in [2.24, 2.45) is 5.73 Å². The summed E-state index contributed by atoms with van der Waals surface area (Å²) in [5, 5.41) is 0. The van der Waals surface area contributed by atoms with Crippen LogP contribution in [0.1, 0.15) is 49.5 Å². The van der Waals surface area contributed by atoms with E-state index in [0.29, 0.717) is 30.5 Å². The molecule has 1 saturated heterocycles. The standard InChI is InChI=1S/C18H24N2O5/c1-18(2,3)25-17(23)20-10-6-9-14(20)16(22)24-11-12-7-4-5-8-13(12)15(19)21/h4-5,7-8,14H,6,9-11H2,1-3H3,(H2,19,21)/t14-/m0/s1. The van der Waals surface area contributed by atoms with Crippen molar-refractivity contribution < 1.29 is 23.9 Å². The molecule has 1 aromatic carbocycles. The number of amides is 2. The van der Waals surface area contributed by atoms with Crippen LogP contribution in [0.15, 0.2) is 24.3 Å². The van der Waals surface area contributed by atoms with Gasteiger partial charge in [-0.1, -0.05) is 18.2 Å². The Kier molecular flexibility index (Phi) is 5.66. The molecule has 0 radical (unpaired) electrons. The summed E-state index contributed by atoms with van der Waals surface area (Å²) < 4.78 is 10.7. The van der Waals surface area contributed by atoms with Gasteiger partial charge in [0.1, 0.15) is 18.2 Å². The first kappa shape index (κ1) is 18.8. The molecule has 1 aliphatic rings. The lowest BCUT2D eigenvalue weighted by Crippen LogP contribution is -2.44. The second kappa shape index (κ2) is 7.55. The average Bonchev–Trinajstić information content (AvgIpc) is 3.01. The third kappa shape index (κ3) is 4.95. The first-order chi connectivity index (χ1) is 11.7. The van der Waals surface area contributed by atoms with Crippen molar-refractivity contribution in [3.8, 4) is 0 Å². The fraction of sp³-hybridized carbons (Fsp3) is 0.500. The Bertz CT molecular complexity index is 666. The second-order valence-corrected chi connectivity index (χ2v) is 6.96. The zero-order chi connectivity index (χ0) is 18.6. The zero-order valence-electron chi connectivity index (χ0n) is 14.8. The maximum Gasteiger partial charge on any atom is 0.411 e. The first-order valence-electron chi connectivity index (χ1n) is 8.23. The summed E-state index contributed by atoms with van der Waals surface area (Å²) in [6.07, 6.45) is 0.705. The van der Waals surface area contributed by atoms with Crippen molar-refractivity contribution >= 4 is 18.0 Å². The fourth-order valence-corrected chi connectivity index (χ4v) is 2.68. The number of esters is 1. The molecule has 7 heteroatoms. The van der Waals surface area contributed by atoms with Crippen LogP contribution in [-0.4, -0.2) is 41.1 Å². The smallest absolute Gasteiger partial charge is 0.411 e. The van der Waals surface area contributed by atoms with Crippen LogP contribution < -0.4 is 5.73 Å². The molecule has 2 N–H and O–H groups in total. The van der Waals surface area contributed by atoms with Gasteiger partial charge in [-0.15, -0.1) is 0 Å². The molecule has 1 aliphatic heterocycles. The monoisotopic (exact) mass is 348 g/mol. The molecule has 2 rings (SSSR count). The van der Waals surface area contributed by atoms with Gasteiger partial charge in [0.15, 0.2) is 0 Å². The highest BCUT2D eigenvalue weighted by Crippen LogP contribution is 2.22. The van der Waals surface area contributed by atoms with Crippen molar-refractivity contribution in [1.82, 2.24) is 4.90 Å². The minimum atomic E-state index is -0.671. The predicted octanol–water partition coefficient (Wildman–Crippen LogP) is 2.23. The summed E-state index contributed by atoms with van der Waals surface area (Å²) in [4.78, 5) is 37.4. The Morgan fingerprint density at radius 3 is 2.56 bits per heavy atom. The molecule has 0 spiro atoms. The molecule has 0 aromatic heterocycles. The molecule has 0 bridgehead atoms. The van der Waals surface area contributed by atoms with Crippen LogP contribution in [-0.2, 0) is 20.9 Å². The molecule has 1 aromatic rings. The van der Waals surface area contributed by atoms with Crippen LogP contribution in [0.25, 0.3) is 0 Å². The number of carbonyl (C=O) groups is 3. The van der Waals surface area contributed by atoms with E-state index in [0.717, 1.165) is 0 Å². The van der Waals surface area contributed by atoms with E-state index in [1.807, 2.05) is 0 Å². The fourth-order valence-electron chi connectivity index (χ4n) is 2.68. The summed E-state index contributed by atoms with van der Waals surface area (Å²) in [7, 11) is 0. The normalized spacial score (nSPS) is 17.2. The summed E-state index contributed by atoms with van der Waals surface area (Å²) >= 11 is 0. The van der Waals surface area contributed by atoms with Gasteiger partial charge in [-0.3, -0.25) is 9.69 Å². The maximum absolute atomic E-state index is 12.4. The van der Waals surface area contributed by atoms with Crippen LogP contribution in [0.3, 0.4) is 0 Å². The van der Waals surface area contributed by atoms with E-state index in [1.54, 1.807) is 45.0 Å². The van der Waals surface area contributed by atoms with Gasteiger partial charge in [0.25, 0.3) is 0 Å². The molecule has 7 nitrogen and oxygen atoms in total. The van der Waals surface area contributed by atoms with Crippen molar-refractivity contribution in [2.75, 3.05) is 6.54 Å². The molecule has 0 unspecified atom stereocenters. The number of nitrogens with two attached hydrogens (primary N) is 1. The third-order valence-electron chi connectivity index (χ3n) is 3.81. The Morgan fingerprint density at radius 1 is 1.24 bits per heavy atom. The third-order valence-corrected chi connectivity index (χ3v) is 3.81. The number of benzene rings is 1. The number of nitrogens with zero attached hydrogens (tertiary/aromatic N) is 1. The Balaban J connectivity index is 2.01. The lowest BCUT2D eigenvalue weighted by molar-refractivity contribution is -0.150. The summed E-state index contributed by atoms with van der Waals surface area (Å²) in [5.41, 5.74) is 5.53. The van der Waals surface area contributed by atoms with Crippen molar-refractivity contribution in [1.29, 1.82) is 0 Å². The highest BCUT2D eigenvalue weighted by molar-refractivity contribution is 5.94. The van der Waals surface area contributed by atoms with Crippen LogP contribution >= 0.6 is 0 Å². The number of primary amides is 1. The van der Waals surface area contributed by atoms with E-state index in [9.17, 15) is 14.4 Å². The number of ether oxygens (including phenoxy) is 2. The van der Waals surface area contributed by atoms with Crippen molar-refractivity contribution in [2.45, 2.75) is 51.9 Å². The number of likely N-dealkylation sites (tertiary alicyclic amines) is 1. The van der Waals surface area contributed by atoms with Gasteiger partial charge in [-0.25, -0.2) is 9.59 Å². The zero-order valence-corrected chi connectivity index (χ0v) is 14.8. The molecule has 136 valence electrons. The molecule has 1 atom stereocenters. The highest BCUT2D eigenvalue weighted by Gasteiger charge is 2.37. The van der Waals surface area contributed by atoms with Gasteiger partial charge in [0, 0.05) is 17.7 Å². The Morgan fingerprint density at radius 2 is 1.92 bits per heavy atom. The van der Waals surface area contributed by atoms with Crippen LogP contribution in [0.4, 0.5) is 4.79 Å². The minimum absolute atomic E-state index is 0.0728. The molecule has 1 fully saturated rings. The van der Waals surface area contributed by atoms with E-state index < -0.39 is 29.6 Å². The van der Waals surface area contributed by atoms with Gasteiger partial charge >= 0.3 is 12.1 Å². The SMILES string of the molecule is CC(C)(C)OC(=O)N1CCC[C@H]1C(=O)OCc1ccccc1C(N)=O. The summed E-state index contributed by atoms with van der Waals surface area (Å²) in [5.74, 6) is -1.09. The van der Waals surface area contributed by atoms with E-state index in [2.05, 4.69) is 0 Å². The van der Waals surface area contributed by atoms with Crippen LogP contribution in [0, 0.1) is 0 Å². The summed E-state index contributed by atoms with van der Waals surface area (Å²) in [6.45, 7) is 5.70. The molecular weight excluding hydrogens is 324 g/mol. The van der Waals surface area contributed by atoms with Gasteiger partial charge in [-0.2, -0.15) is 0 Å². The topological polar surface area (TPSA) is 98.9 Å². The van der Waals surface area contributed by atoms with Crippen molar-refractivity contribution in [3.63, 3.8) is 0 Å². The van der Waals surface area contributed by atoms with E-state index in [4.69, 9.17) is 15.2 Å². The Labute approximate surface area is 147 Å². The average molecular weight is 348 g/mol. The van der Waals surface area contributed by atoms with Gasteiger partial charge in [-0.05, 0) is 39.7 Å². The minimum Gasteiger partial charge on any atom is -0.459 e. The second-order valence-electron chi connectivity index (χ2n) is 6.96. The lowest BCUT2D eigenvalue weighted by Gasteiger charge is -2.27. The molecule has 0 saturated carbocycles. The largest absolute Gasteiger partial charge is 0.459 e. The van der Waals surface area contributed by atoms with Gasteiger partial charge in [0.2, 0.25) is 5.91 Å². The molecule has 25 heavy (non-hydrogen) atoms. The lowest BCUT2D eigenvalue weighted by atomic mass is 10.1. The van der Waals surface area contributed by atoms with Crippen LogP contribution in [0.2, 0.25) is 0 Å². The van der Waals surface area contributed by atoms with Gasteiger partial charge in [0.05, 0.1) is 0 Å². The van der Waals surface area contributed by atoms with E-state index in [-0.39, 0.29) is 6.61 Å².